The molecule has 3 heterocycles. The predicted octanol–water partition coefficient (Wildman–Crippen LogP) is 2.11. The van der Waals surface area contributed by atoms with Crippen LogP contribution in [0.15, 0.2) is 46.5 Å². The number of carbonyl (C=O) groups is 2. The maximum atomic E-state index is 12.0. The van der Waals surface area contributed by atoms with E-state index in [1.165, 1.54) is 17.5 Å². The highest BCUT2D eigenvalue weighted by molar-refractivity contribution is 7.13. The zero-order valence-corrected chi connectivity index (χ0v) is 13.6. The molecule has 3 aromatic heterocycles. The van der Waals surface area contributed by atoms with Crippen LogP contribution in [-0.2, 0) is 11.2 Å². The standard InChI is InChI=1S/C16H14N4O3S/c1-10-12(18-16(23-10)13-5-3-7-24-13)8-14(21)19-20-15(22)11-4-2-6-17-9-11/h2-7,9H,8H2,1H3,(H,19,21)(H,20,22). The Morgan fingerprint density at radius 2 is 2.12 bits per heavy atom. The van der Waals surface area contributed by atoms with Crippen LogP contribution < -0.4 is 10.9 Å². The summed E-state index contributed by atoms with van der Waals surface area (Å²) in [4.78, 5) is 32.9. The van der Waals surface area contributed by atoms with Crippen LogP contribution in [0.3, 0.4) is 0 Å². The van der Waals surface area contributed by atoms with Crippen molar-refractivity contribution in [3.05, 3.63) is 59.1 Å². The molecule has 24 heavy (non-hydrogen) atoms. The molecule has 2 N–H and O–H groups in total. The minimum Gasteiger partial charge on any atom is -0.440 e. The van der Waals surface area contributed by atoms with E-state index in [1.54, 1.807) is 25.3 Å². The number of thiophene rings is 1. The Morgan fingerprint density at radius 3 is 2.83 bits per heavy atom. The van der Waals surface area contributed by atoms with Gasteiger partial charge >= 0.3 is 0 Å². The van der Waals surface area contributed by atoms with Crippen molar-refractivity contribution < 1.29 is 14.0 Å². The van der Waals surface area contributed by atoms with Crippen LogP contribution in [0, 0.1) is 6.92 Å². The molecule has 3 aromatic rings. The van der Waals surface area contributed by atoms with Crippen molar-refractivity contribution >= 4 is 23.2 Å². The second kappa shape index (κ2) is 7.05. The molecule has 2 amide bonds. The highest BCUT2D eigenvalue weighted by atomic mass is 32.1. The number of aromatic nitrogens is 2. The Kier molecular flexibility index (Phi) is 4.66. The number of nitrogens with one attached hydrogen (secondary N) is 2. The summed E-state index contributed by atoms with van der Waals surface area (Å²) in [6.07, 6.45) is 2.98. The highest BCUT2D eigenvalue weighted by Gasteiger charge is 2.15. The van der Waals surface area contributed by atoms with Crippen LogP contribution in [0.25, 0.3) is 10.8 Å². The third-order valence-corrected chi connectivity index (χ3v) is 4.05. The first-order valence-corrected chi connectivity index (χ1v) is 8.01. The predicted molar refractivity (Wildman–Crippen MR) is 88.1 cm³/mol. The van der Waals surface area contributed by atoms with Crippen LogP contribution in [-0.4, -0.2) is 21.8 Å². The molecule has 0 aliphatic rings. The molecule has 0 radical (unpaired) electrons. The van der Waals surface area contributed by atoms with Gasteiger partial charge in [0.15, 0.2) is 0 Å². The van der Waals surface area contributed by atoms with Gasteiger partial charge in [0, 0.05) is 12.4 Å². The molecule has 7 nitrogen and oxygen atoms in total. The van der Waals surface area contributed by atoms with Crippen LogP contribution in [0.1, 0.15) is 21.8 Å². The van der Waals surface area contributed by atoms with Crippen molar-refractivity contribution in [2.45, 2.75) is 13.3 Å². The maximum absolute atomic E-state index is 12.0. The molecular formula is C16H14N4O3S. The van der Waals surface area contributed by atoms with Crippen molar-refractivity contribution in [3.8, 4) is 10.8 Å². The molecule has 0 saturated carbocycles. The minimum absolute atomic E-state index is 0.00796. The number of amides is 2. The van der Waals surface area contributed by atoms with Gasteiger partial charge in [0.25, 0.3) is 5.91 Å². The van der Waals surface area contributed by atoms with Gasteiger partial charge in [-0.15, -0.1) is 11.3 Å². The van der Waals surface area contributed by atoms with E-state index in [1.807, 2.05) is 17.5 Å². The number of pyridine rings is 1. The van der Waals surface area contributed by atoms with E-state index >= 15 is 0 Å². The van der Waals surface area contributed by atoms with Gasteiger partial charge in [-0.1, -0.05) is 6.07 Å². The summed E-state index contributed by atoms with van der Waals surface area (Å²) >= 11 is 1.51. The zero-order chi connectivity index (χ0) is 16.9. The highest BCUT2D eigenvalue weighted by Crippen LogP contribution is 2.25. The lowest BCUT2D eigenvalue weighted by molar-refractivity contribution is -0.121. The first-order valence-electron chi connectivity index (χ1n) is 7.13. The fraction of sp³-hybridized carbons (Fsp3) is 0.125. The van der Waals surface area contributed by atoms with Crippen LogP contribution in [0.2, 0.25) is 0 Å². The Morgan fingerprint density at radius 1 is 1.25 bits per heavy atom. The van der Waals surface area contributed by atoms with Gasteiger partial charge in [-0.2, -0.15) is 0 Å². The molecule has 0 atom stereocenters. The van der Waals surface area contributed by atoms with Crippen molar-refractivity contribution in [1.82, 2.24) is 20.8 Å². The van der Waals surface area contributed by atoms with Crippen molar-refractivity contribution in [2.75, 3.05) is 0 Å². The molecule has 0 aliphatic heterocycles. The molecule has 0 aromatic carbocycles. The molecule has 0 saturated heterocycles. The normalized spacial score (nSPS) is 10.4. The Bertz CT molecular complexity index is 844. The lowest BCUT2D eigenvalue weighted by Crippen LogP contribution is -2.42. The number of aryl methyl sites for hydroxylation is 1. The second-order valence-corrected chi connectivity index (χ2v) is 5.87. The summed E-state index contributed by atoms with van der Waals surface area (Å²) < 4.78 is 5.58. The number of oxazole rings is 1. The van der Waals surface area contributed by atoms with Gasteiger partial charge < -0.3 is 4.42 Å². The van der Waals surface area contributed by atoms with Gasteiger partial charge in [0.2, 0.25) is 11.8 Å². The molecule has 0 fully saturated rings. The quantitative estimate of drug-likeness (QED) is 0.708. The van der Waals surface area contributed by atoms with E-state index in [-0.39, 0.29) is 12.3 Å². The summed E-state index contributed by atoms with van der Waals surface area (Å²) in [6.45, 7) is 1.75. The van der Waals surface area contributed by atoms with Gasteiger partial charge in [-0.3, -0.25) is 25.4 Å². The first-order chi connectivity index (χ1) is 11.6. The third-order valence-electron chi connectivity index (χ3n) is 3.19. The van der Waals surface area contributed by atoms with E-state index in [0.717, 1.165) is 4.88 Å². The summed E-state index contributed by atoms with van der Waals surface area (Å²) in [6, 6.07) is 7.04. The molecule has 0 bridgehead atoms. The number of hydrogen-bond acceptors (Lipinski definition) is 6. The molecule has 3 rings (SSSR count). The van der Waals surface area contributed by atoms with E-state index in [0.29, 0.717) is 22.9 Å². The van der Waals surface area contributed by atoms with E-state index < -0.39 is 5.91 Å². The van der Waals surface area contributed by atoms with Crippen molar-refractivity contribution in [1.29, 1.82) is 0 Å². The lowest BCUT2D eigenvalue weighted by atomic mass is 10.2. The van der Waals surface area contributed by atoms with E-state index in [9.17, 15) is 9.59 Å². The van der Waals surface area contributed by atoms with Gasteiger partial charge in [0.1, 0.15) is 5.76 Å². The van der Waals surface area contributed by atoms with Gasteiger partial charge in [-0.05, 0) is 30.5 Å². The maximum Gasteiger partial charge on any atom is 0.271 e. The molecule has 0 unspecified atom stereocenters. The molecule has 0 aliphatic carbocycles. The Hall–Kier alpha value is -3.00. The number of rotatable bonds is 4. The van der Waals surface area contributed by atoms with Crippen LogP contribution >= 0.6 is 11.3 Å². The topological polar surface area (TPSA) is 97.1 Å². The summed E-state index contributed by atoms with van der Waals surface area (Å²) in [5, 5.41) is 1.93. The smallest absolute Gasteiger partial charge is 0.271 e. The summed E-state index contributed by atoms with van der Waals surface area (Å²) in [5.41, 5.74) is 5.58. The van der Waals surface area contributed by atoms with Crippen LogP contribution in [0.4, 0.5) is 0 Å². The summed E-state index contributed by atoms with van der Waals surface area (Å²) in [7, 11) is 0. The number of carbonyl (C=O) groups excluding carboxylic acids is 2. The average molecular weight is 342 g/mol. The van der Waals surface area contributed by atoms with Gasteiger partial charge in [-0.25, -0.2) is 4.98 Å². The SMILES string of the molecule is Cc1oc(-c2cccs2)nc1CC(=O)NNC(=O)c1cccnc1. The fourth-order valence-electron chi connectivity index (χ4n) is 1.99. The van der Waals surface area contributed by atoms with E-state index in [4.69, 9.17) is 4.42 Å². The lowest BCUT2D eigenvalue weighted by Gasteiger charge is -2.06. The Labute approximate surface area is 141 Å². The first kappa shape index (κ1) is 15.9. The van der Waals surface area contributed by atoms with Crippen molar-refractivity contribution in [2.24, 2.45) is 0 Å². The monoisotopic (exact) mass is 342 g/mol. The molecule has 122 valence electrons. The van der Waals surface area contributed by atoms with Crippen LogP contribution in [0.5, 0.6) is 0 Å². The second-order valence-electron chi connectivity index (χ2n) is 4.92. The number of hydrogen-bond donors (Lipinski definition) is 2. The average Bonchev–Trinajstić information content (AvgIpc) is 3.24. The Balaban J connectivity index is 1.58. The van der Waals surface area contributed by atoms with Crippen molar-refractivity contribution in [3.63, 3.8) is 0 Å². The zero-order valence-electron chi connectivity index (χ0n) is 12.8. The minimum atomic E-state index is -0.437. The largest absolute Gasteiger partial charge is 0.440 e. The summed E-state index contributed by atoms with van der Waals surface area (Å²) in [5.74, 6) is 0.241. The van der Waals surface area contributed by atoms with Gasteiger partial charge in [0.05, 0.1) is 22.6 Å². The fourth-order valence-corrected chi connectivity index (χ4v) is 2.64. The number of nitrogens with zero attached hydrogens (tertiary/aromatic N) is 2. The molecule has 8 heteroatoms. The third kappa shape index (κ3) is 3.66. The van der Waals surface area contributed by atoms with E-state index in [2.05, 4.69) is 20.8 Å². The molecular weight excluding hydrogens is 328 g/mol. The number of hydrazine groups is 1. The molecule has 0 spiro atoms.